The Hall–Kier alpha value is -1.86. The molecule has 0 atom stereocenters. The lowest BCUT2D eigenvalue weighted by molar-refractivity contribution is 0.0997. The topological polar surface area (TPSA) is 76.1 Å². The van der Waals surface area contributed by atoms with E-state index >= 15 is 0 Å². The zero-order chi connectivity index (χ0) is 11.5. The van der Waals surface area contributed by atoms with E-state index in [0.717, 1.165) is 12.8 Å². The van der Waals surface area contributed by atoms with Gasteiger partial charge in [0.15, 0.2) is 5.78 Å². The van der Waals surface area contributed by atoms with Gasteiger partial charge in [-0.1, -0.05) is 0 Å². The molecule has 4 nitrogen and oxygen atoms in total. The number of hydrogen-bond acceptors (Lipinski definition) is 4. The van der Waals surface area contributed by atoms with E-state index in [1.807, 2.05) is 6.07 Å². The van der Waals surface area contributed by atoms with Crippen molar-refractivity contribution in [3.05, 3.63) is 29.3 Å². The van der Waals surface area contributed by atoms with Crippen LogP contribution in [-0.4, -0.2) is 18.4 Å². The number of nitriles is 1. The summed E-state index contributed by atoms with van der Waals surface area (Å²) in [6.45, 7) is -0.0735. The highest BCUT2D eigenvalue weighted by molar-refractivity contribution is 6.00. The van der Waals surface area contributed by atoms with E-state index in [-0.39, 0.29) is 18.4 Å². The molecule has 1 saturated carbocycles. The minimum Gasteiger partial charge on any atom is -0.490 e. The molecule has 2 N–H and O–H groups in total. The minimum absolute atomic E-state index is 0.0735. The van der Waals surface area contributed by atoms with E-state index < -0.39 is 0 Å². The fraction of sp³-hybridized carbons (Fsp3) is 0.333. The number of hydrogen-bond donors (Lipinski definition) is 1. The number of carbonyl (C=O) groups excluding carboxylic acids is 1. The third kappa shape index (κ3) is 2.20. The fourth-order valence-corrected chi connectivity index (χ4v) is 1.40. The van der Waals surface area contributed by atoms with Crippen LogP contribution in [0.4, 0.5) is 0 Å². The Bertz CT molecular complexity index is 459. The first kappa shape index (κ1) is 10.7. The van der Waals surface area contributed by atoms with Gasteiger partial charge in [-0.2, -0.15) is 5.26 Å². The molecule has 0 amide bonds. The summed E-state index contributed by atoms with van der Waals surface area (Å²) in [5, 5.41) is 8.77. The second-order valence-electron chi connectivity index (χ2n) is 3.77. The van der Waals surface area contributed by atoms with Gasteiger partial charge in [0.05, 0.1) is 29.8 Å². The van der Waals surface area contributed by atoms with E-state index in [0.29, 0.717) is 16.9 Å². The van der Waals surface area contributed by atoms with Crippen molar-refractivity contribution in [1.29, 1.82) is 5.26 Å². The van der Waals surface area contributed by atoms with Gasteiger partial charge in [-0.05, 0) is 31.0 Å². The number of nitrogens with two attached hydrogens (primary N) is 1. The molecule has 4 heteroatoms. The van der Waals surface area contributed by atoms with Crippen molar-refractivity contribution in [1.82, 2.24) is 0 Å². The molecular formula is C12H12N2O2. The first-order chi connectivity index (χ1) is 7.74. The number of nitrogens with zero attached hydrogens (tertiary/aromatic N) is 1. The van der Waals surface area contributed by atoms with Crippen LogP contribution in [0.2, 0.25) is 0 Å². The SMILES string of the molecule is N#Cc1ccc(OC2CC2)c(C(=O)CN)c1. The number of ketones is 1. The van der Waals surface area contributed by atoms with Crippen LogP contribution in [0, 0.1) is 11.3 Å². The predicted molar refractivity (Wildman–Crippen MR) is 58.2 cm³/mol. The van der Waals surface area contributed by atoms with Crippen LogP contribution in [0.1, 0.15) is 28.8 Å². The summed E-state index contributed by atoms with van der Waals surface area (Å²) >= 11 is 0. The molecule has 0 unspecified atom stereocenters. The summed E-state index contributed by atoms with van der Waals surface area (Å²) in [7, 11) is 0. The summed E-state index contributed by atoms with van der Waals surface area (Å²) < 4.78 is 5.59. The van der Waals surface area contributed by atoms with Crippen molar-refractivity contribution in [2.45, 2.75) is 18.9 Å². The second-order valence-corrected chi connectivity index (χ2v) is 3.77. The average Bonchev–Trinajstić information content (AvgIpc) is 3.12. The van der Waals surface area contributed by atoms with E-state index in [1.54, 1.807) is 12.1 Å². The van der Waals surface area contributed by atoms with Gasteiger partial charge in [0.2, 0.25) is 0 Å². The third-order valence-electron chi connectivity index (χ3n) is 2.41. The highest BCUT2D eigenvalue weighted by Gasteiger charge is 2.25. The van der Waals surface area contributed by atoms with Crippen molar-refractivity contribution in [2.24, 2.45) is 5.73 Å². The van der Waals surface area contributed by atoms with Crippen LogP contribution in [0.15, 0.2) is 18.2 Å². The maximum absolute atomic E-state index is 11.6. The van der Waals surface area contributed by atoms with E-state index in [9.17, 15) is 4.79 Å². The van der Waals surface area contributed by atoms with Gasteiger partial charge in [-0.3, -0.25) is 4.79 Å². The van der Waals surface area contributed by atoms with Crippen molar-refractivity contribution >= 4 is 5.78 Å². The minimum atomic E-state index is -0.201. The zero-order valence-corrected chi connectivity index (χ0v) is 8.77. The summed E-state index contributed by atoms with van der Waals surface area (Å²) in [6, 6.07) is 6.84. The Kier molecular flexibility index (Phi) is 2.88. The smallest absolute Gasteiger partial charge is 0.180 e. The highest BCUT2D eigenvalue weighted by Crippen LogP contribution is 2.29. The predicted octanol–water partition coefficient (Wildman–Crippen LogP) is 1.24. The normalized spacial score (nSPS) is 14.2. The number of Topliss-reactive ketones (excluding diaryl/α,β-unsaturated/α-hetero) is 1. The molecule has 1 aliphatic carbocycles. The Morgan fingerprint density at radius 1 is 1.56 bits per heavy atom. The Labute approximate surface area is 93.6 Å². The van der Waals surface area contributed by atoms with E-state index in [4.69, 9.17) is 15.7 Å². The summed E-state index contributed by atoms with van der Waals surface area (Å²) in [6.07, 6.45) is 2.27. The molecule has 0 aliphatic heterocycles. The average molecular weight is 216 g/mol. The molecule has 0 aromatic heterocycles. The Morgan fingerprint density at radius 2 is 2.31 bits per heavy atom. The molecule has 1 aromatic rings. The number of benzene rings is 1. The van der Waals surface area contributed by atoms with Crippen LogP contribution in [0.3, 0.4) is 0 Å². The van der Waals surface area contributed by atoms with Crippen molar-refractivity contribution < 1.29 is 9.53 Å². The molecule has 1 fully saturated rings. The van der Waals surface area contributed by atoms with Gasteiger partial charge in [0, 0.05) is 0 Å². The Morgan fingerprint density at radius 3 is 2.88 bits per heavy atom. The largest absolute Gasteiger partial charge is 0.490 e. The van der Waals surface area contributed by atoms with Crippen molar-refractivity contribution in [3.63, 3.8) is 0 Å². The third-order valence-corrected chi connectivity index (χ3v) is 2.41. The van der Waals surface area contributed by atoms with Gasteiger partial charge in [0.25, 0.3) is 0 Å². The molecule has 1 aromatic carbocycles. The molecule has 0 radical (unpaired) electrons. The van der Waals surface area contributed by atoms with E-state index in [2.05, 4.69) is 0 Å². The lowest BCUT2D eigenvalue weighted by atomic mass is 10.1. The lowest BCUT2D eigenvalue weighted by Gasteiger charge is -2.09. The quantitative estimate of drug-likeness (QED) is 0.768. The van der Waals surface area contributed by atoms with Crippen molar-refractivity contribution in [3.8, 4) is 11.8 Å². The van der Waals surface area contributed by atoms with Crippen LogP contribution in [-0.2, 0) is 0 Å². The summed E-state index contributed by atoms with van der Waals surface area (Å²) in [5.41, 5.74) is 6.18. The van der Waals surface area contributed by atoms with Gasteiger partial charge >= 0.3 is 0 Å². The van der Waals surface area contributed by atoms with Gasteiger partial charge in [-0.15, -0.1) is 0 Å². The lowest BCUT2D eigenvalue weighted by Crippen LogP contribution is -2.15. The van der Waals surface area contributed by atoms with Gasteiger partial charge < -0.3 is 10.5 Å². The number of carbonyl (C=O) groups is 1. The Balaban J connectivity index is 2.34. The molecule has 16 heavy (non-hydrogen) atoms. The standard InChI is InChI=1S/C12H12N2O2/c13-6-8-1-4-12(16-9-2-3-9)10(5-8)11(15)7-14/h1,4-5,9H,2-3,7,14H2. The van der Waals surface area contributed by atoms with Crippen LogP contribution in [0.25, 0.3) is 0 Å². The van der Waals surface area contributed by atoms with Gasteiger partial charge in [0.1, 0.15) is 5.75 Å². The molecule has 1 aliphatic rings. The van der Waals surface area contributed by atoms with Crippen LogP contribution >= 0.6 is 0 Å². The number of ether oxygens (including phenoxy) is 1. The maximum Gasteiger partial charge on any atom is 0.180 e. The fourth-order valence-electron chi connectivity index (χ4n) is 1.40. The molecule has 0 bridgehead atoms. The molecule has 0 spiro atoms. The molecule has 0 saturated heterocycles. The summed E-state index contributed by atoms with van der Waals surface area (Å²) in [5.74, 6) is 0.338. The maximum atomic E-state index is 11.6. The number of rotatable bonds is 4. The van der Waals surface area contributed by atoms with E-state index in [1.165, 1.54) is 6.07 Å². The first-order valence-electron chi connectivity index (χ1n) is 5.18. The molecule has 2 rings (SSSR count). The summed E-state index contributed by atoms with van der Waals surface area (Å²) in [4.78, 5) is 11.6. The molecule has 0 heterocycles. The molecule has 82 valence electrons. The van der Waals surface area contributed by atoms with Crippen LogP contribution in [0.5, 0.6) is 5.75 Å². The molecular weight excluding hydrogens is 204 g/mol. The zero-order valence-electron chi connectivity index (χ0n) is 8.77. The monoisotopic (exact) mass is 216 g/mol. The first-order valence-corrected chi connectivity index (χ1v) is 5.18. The highest BCUT2D eigenvalue weighted by atomic mass is 16.5. The van der Waals surface area contributed by atoms with Gasteiger partial charge in [-0.25, -0.2) is 0 Å². The second kappa shape index (κ2) is 4.33. The van der Waals surface area contributed by atoms with Crippen LogP contribution < -0.4 is 10.5 Å². The van der Waals surface area contributed by atoms with Crippen molar-refractivity contribution in [2.75, 3.05) is 6.54 Å².